The van der Waals surface area contributed by atoms with Crippen molar-refractivity contribution in [3.63, 3.8) is 0 Å². The summed E-state index contributed by atoms with van der Waals surface area (Å²) in [4.78, 5) is 18.0. The van der Waals surface area contributed by atoms with Crippen LogP contribution in [0.2, 0.25) is 5.02 Å². The van der Waals surface area contributed by atoms with Crippen LogP contribution in [0.5, 0.6) is 5.75 Å². The van der Waals surface area contributed by atoms with Crippen molar-refractivity contribution in [1.29, 1.82) is 0 Å². The molecule has 1 atom stereocenters. The van der Waals surface area contributed by atoms with E-state index in [2.05, 4.69) is 20.7 Å². The number of carbonyl (C=O) groups excluding carboxylic acids is 1. The maximum atomic E-state index is 13.6. The predicted octanol–water partition coefficient (Wildman–Crippen LogP) is 6.05. The number of nitrogens with one attached hydrogen (secondary N) is 2. The van der Waals surface area contributed by atoms with Gasteiger partial charge in [-0.25, -0.2) is 4.68 Å². The molecule has 7 nitrogen and oxygen atoms in total. The molecule has 8 heteroatoms. The topological polar surface area (TPSA) is 81.1 Å². The molecule has 1 amide bonds. The highest BCUT2D eigenvalue weighted by Gasteiger charge is 2.33. The van der Waals surface area contributed by atoms with E-state index in [1.807, 2.05) is 87.5 Å². The summed E-state index contributed by atoms with van der Waals surface area (Å²) in [5, 5.41) is 11.4. The van der Waals surface area contributed by atoms with Gasteiger partial charge in [0.15, 0.2) is 0 Å². The molecule has 182 valence electrons. The van der Waals surface area contributed by atoms with Gasteiger partial charge in [0.05, 0.1) is 5.57 Å². The predicted molar refractivity (Wildman–Crippen MR) is 141 cm³/mol. The van der Waals surface area contributed by atoms with E-state index < -0.39 is 6.04 Å². The minimum absolute atomic E-state index is 0.203. The Balaban J connectivity index is 1.46. The maximum Gasteiger partial charge on any atom is 0.255 e. The van der Waals surface area contributed by atoms with Crippen molar-refractivity contribution in [3.8, 4) is 5.75 Å². The Kier molecular flexibility index (Phi) is 6.48. The van der Waals surface area contributed by atoms with E-state index in [4.69, 9.17) is 16.3 Å². The highest BCUT2D eigenvalue weighted by atomic mass is 35.5. The third kappa shape index (κ3) is 4.83. The summed E-state index contributed by atoms with van der Waals surface area (Å²) in [7, 11) is 0. The molecule has 2 heterocycles. The van der Waals surface area contributed by atoms with Gasteiger partial charge in [0, 0.05) is 16.4 Å². The van der Waals surface area contributed by atoms with E-state index in [-0.39, 0.29) is 5.91 Å². The van der Waals surface area contributed by atoms with Gasteiger partial charge in [0.1, 0.15) is 24.7 Å². The van der Waals surface area contributed by atoms with Crippen LogP contribution in [0, 0.1) is 13.8 Å². The van der Waals surface area contributed by atoms with Crippen molar-refractivity contribution < 1.29 is 9.53 Å². The number of nitrogens with zero attached hydrogens (tertiary/aromatic N) is 3. The van der Waals surface area contributed by atoms with Crippen molar-refractivity contribution in [2.24, 2.45) is 0 Å². The first-order valence-corrected chi connectivity index (χ1v) is 12.0. The number of aromatic nitrogens is 3. The SMILES string of the molecule is CC1=C(C(=O)Nc2ccc(C)cc2C)C(c2cccc(OCc3ccc(Cl)cc3)c2)n2ncnc2N1. The van der Waals surface area contributed by atoms with Crippen LogP contribution in [0.15, 0.2) is 84.3 Å². The number of aryl methyl sites for hydroxylation is 2. The number of rotatable bonds is 6. The second-order valence-corrected chi connectivity index (χ2v) is 9.29. The monoisotopic (exact) mass is 499 g/mol. The molecule has 1 aliphatic heterocycles. The number of amides is 1. The molecule has 4 aromatic rings. The van der Waals surface area contributed by atoms with Gasteiger partial charge in [-0.3, -0.25) is 4.79 Å². The van der Waals surface area contributed by atoms with Gasteiger partial charge in [-0.1, -0.05) is 53.6 Å². The van der Waals surface area contributed by atoms with Crippen LogP contribution in [0.1, 0.15) is 35.2 Å². The Hall–Kier alpha value is -4.10. The van der Waals surface area contributed by atoms with E-state index in [1.165, 1.54) is 6.33 Å². The smallest absolute Gasteiger partial charge is 0.255 e. The standard InChI is InChI=1S/C28H26ClN5O2/c1-17-7-12-24(18(2)13-17)33-27(35)25-19(3)32-28-30-16-31-34(28)26(25)21-5-4-6-23(14-21)36-15-20-8-10-22(29)11-9-20/h4-14,16,26H,15H2,1-3H3,(H,33,35)(H,30,31,32). The van der Waals surface area contributed by atoms with E-state index in [1.54, 1.807) is 4.68 Å². The van der Waals surface area contributed by atoms with Crippen LogP contribution in [-0.2, 0) is 11.4 Å². The largest absolute Gasteiger partial charge is 0.489 e. The second-order valence-electron chi connectivity index (χ2n) is 8.85. The average molecular weight is 500 g/mol. The highest BCUT2D eigenvalue weighted by molar-refractivity contribution is 6.30. The summed E-state index contributed by atoms with van der Waals surface area (Å²) < 4.78 is 7.78. The second kappa shape index (κ2) is 9.87. The zero-order chi connectivity index (χ0) is 25.2. The molecule has 1 unspecified atom stereocenters. The van der Waals surface area contributed by atoms with Crippen molar-refractivity contribution in [2.75, 3.05) is 10.6 Å². The molecule has 0 radical (unpaired) electrons. The molecule has 1 aromatic heterocycles. The molecule has 0 bridgehead atoms. The first kappa shape index (κ1) is 23.6. The average Bonchev–Trinajstić information content (AvgIpc) is 3.32. The third-order valence-electron chi connectivity index (χ3n) is 6.16. The summed E-state index contributed by atoms with van der Waals surface area (Å²) in [5.74, 6) is 1.06. The molecule has 0 saturated carbocycles. The normalized spacial score (nSPS) is 14.7. The van der Waals surface area contributed by atoms with Crippen molar-refractivity contribution >= 4 is 29.1 Å². The Labute approximate surface area is 214 Å². The summed E-state index contributed by atoms with van der Waals surface area (Å²) in [6.45, 7) is 6.29. The fourth-order valence-electron chi connectivity index (χ4n) is 4.36. The lowest BCUT2D eigenvalue weighted by Crippen LogP contribution is -2.31. The molecule has 0 spiro atoms. The van der Waals surface area contributed by atoms with Crippen molar-refractivity contribution in [3.05, 3.63) is 112 Å². The van der Waals surface area contributed by atoms with Crippen LogP contribution in [0.3, 0.4) is 0 Å². The Bertz CT molecular complexity index is 1460. The quantitative estimate of drug-likeness (QED) is 0.337. The summed E-state index contributed by atoms with van der Waals surface area (Å²) in [6, 6.07) is 20.7. The van der Waals surface area contributed by atoms with Gasteiger partial charge in [0.25, 0.3) is 5.91 Å². The molecule has 1 aliphatic rings. The molecule has 0 fully saturated rings. The summed E-state index contributed by atoms with van der Waals surface area (Å²) in [6.07, 6.45) is 1.48. The fraction of sp³-hybridized carbons (Fsp3) is 0.179. The molecular formula is C28H26ClN5O2. The van der Waals surface area contributed by atoms with Crippen molar-refractivity contribution in [2.45, 2.75) is 33.4 Å². The zero-order valence-electron chi connectivity index (χ0n) is 20.2. The number of hydrogen-bond acceptors (Lipinski definition) is 5. The number of benzene rings is 3. The molecule has 0 saturated heterocycles. The van der Waals surface area contributed by atoms with E-state index in [0.717, 1.165) is 33.6 Å². The molecule has 0 aliphatic carbocycles. The number of hydrogen-bond donors (Lipinski definition) is 2. The van der Waals surface area contributed by atoms with E-state index >= 15 is 0 Å². The molecule has 36 heavy (non-hydrogen) atoms. The Morgan fingerprint density at radius 2 is 1.89 bits per heavy atom. The van der Waals surface area contributed by atoms with Crippen LogP contribution in [-0.4, -0.2) is 20.7 Å². The van der Waals surface area contributed by atoms with Crippen LogP contribution < -0.4 is 15.4 Å². The number of anilines is 2. The zero-order valence-corrected chi connectivity index (χ0v) is 21.0. The number of allylic oxidation sites excluding steroid dienone is 1. The number of carbonyl (C=O) groups is 1. The number of fused-ring (bicyclic) bond motifs is 1. The number of ether oxygens (including phenoxy) is 1. The van der Waals surface area contributed by atoms with Gasteiger partial charge in [0.2, 0.25) is 5.95 Å². The first-order chi connectivity index (χ1) is 17.4. The summed E-state index contributed by atoms with van der Waals surface area (Å²) >= 11 is 5.99. The maximum absolute atomic E-state index is 13.6. The van der Waals surface area contributed by atoms with Crippen LogP contribution in [0.25, 0.3) is 0 Å². The lowest BCUT2D eigenvalue weighted by Gasteiger charge is -2.29. The van der Waals surface area contributed by atoms with Crippen LogP contribution >= 0.6 is 11.6 Å². The minimum atomic E-state index is -0.478. The van der Waals surface area contributed by atoms with Gasteiger partial charge < -0.3 is 15.4 Å². The van der Waals surface area contributed by atoms with Gasteiger partial charge in [-0.15, -0.1) is 0 Å². The minimum Gasteiger partial charge on any atom is -0.489 e. The lowest BCUT2D eigenvalue weighted by atomic mass is 9.94. The first-order valence-electron chi connectivity index (χ1n) is 11.6. The number of halogens is 1. The van der Waals surface area contributed by atoms with Gasteiger partial charge in [-0.2, -0.15) is 10.1 Å². The van der Waals surface area contributed by atoms with Gasteiger partial charge >= 0.3 is 0 Å². The fourth-order valence-corrected chi connectivity index (χ4v) is 4.48. The van der Waals surface area contributed by atoms with E-state index in [0.29, 0.717) is 28.9 Å². The lowest BCUT2D eigenvalue weighted by molar-refractivity contribution is -0.113. The van der Waals surface area contributed by atoms with E-state index in [9.17, 15) is 4.79 Å². The van der Waals surface area contributed by atoms with Gasteiger partial charge in [-0.05, 0) is 67.8 Å². The molecular weight excluding hydrogens is 474 g/mol. The summed E-state index contributed by atoms with van der Waals surface area (Å²) in [5.41, 5.74) is 6.06. The molecule has 3 aromatic carbocycles. The molecule has 2 N–H and O–H groups in total. The van der Waals surface area contributed by atoms with Crippen molar-refractivity contribution in [1.82, 2.24) is 14.8 Å². The molecule has 5 rings (SSSR count). The highest BCUT2D eigenvalue weighted by Crippen LogP contribution is 2.36. The Morgan fingerprint density at radius 3 is 2.67 bits per heavy atom. The third-order valence-corrected chi connectivity index (χ3v) is 6.41. The van der Waals surface area contributed by atoms with Crippen LogP contribution in [0.4, 0.5) is 11.6 Å². The Morgan fingerprint density at radius 1 is 1.08 bits per heavy atom.